The highest BCUT2D eigenvalue weighted by molar-refractivity contribution is 6.73. The third kappa shape index (κ3) is 6.51. The van der Waals surface area contributed by atoms with Gasteiger partial charge in [-0.15, -0.1) is 0 Å². The molecule has 2 heterocycles. The summed E-state index contributed by atoms with van der Waals surface area (Å²) in [5, 5.41) is 6.88. The zero-order valence-electron chi connectivity index (χ0n) is 38.5. The Bertz CT molecular complexity index is 2860. The molecule has 0 atom stereocenters. The van der Waals surface area contributed by atoms with E-state index in [-0.39, 0.29) is 16.2 Å². The van der Waals surface area contributed by atoms with Crippen molar-refractivity contribution in [1.29, 1.82) is 0 Å². The van der Waals surface area contributed by atoms with E-state index >= 15 is 0 Å². The molecule has 1 aliphatic heterocycles. The summed E-state index contributed by atoms with van der Waals surface area (Å²) in [6.07, 6.45) is 12.2. The molecule has 310 valence electrons. The molecule has 0 spiro atoms. The molecule has 6 aromatic carbocycles. The third-order valence-corrected chi connectivity index (χ3v) is 15.4. The highest BCUT2D eigenvalue weighted by atomic mass is 15.0. The van der Waals surface area contributed by atoms with Gasteiger partial charge >= 0.3 is 0 Å². The minimum atomic E-state index is -0.0988. The Morgan fingerprint density at radius 3 is 2.00 bits per heavy atom. The number of fused-ring (bicyclic) bond motifs is 9. The fourth-order valence-electron chi connectivity index (χ4n) is 11.7. The predicted octanol–water partition coefficient (Wildman–Crippen LogP) is 14.3. The van der Waals surface area contributed by atoms with E-state index in [4.69, 9.17) is 0 Å². The molecule has 2 aliphatic carbocycles. The van der Waals surface area contributed by atoms with Crippen LogP contribution >= 0.6 is 0 Å². The summed E-state index contributed by atoms with van der Waals surface area (Å²) in [5.74, 6) is 0. The van der Waals surface area contributed by atoms with Crippen LogP contribution in [0, 0.1) is 6.92 Å². The van der Waals surface area contributed by atoms with Crippen LogP contribution in [0.25, 0.3) is 49.7 Å². The van der Waals surface area contributed by atoms with Crippen molar-refractivity contribution in [2.45, 2.75) is 143 Å². The average Bonchev–Trinajstić information content (AvgIpc) is 3.70. The number of unbranched alkanes of at least 4 members (excludes halogenated alkanes) is 4. The monoisotopic (exact) mass is 801 g/mol. The lowest BCUT2D eigenvalue weighted by Crippen LogP contribution is -2.37. The van der Waals surface area contributed by atoms with Crippen LogP contribution in [-0.2, 0) is 29.1 Å². The van der Waals surface area contributed by atoms with Crippen molar-refractivity contribution in [3.8, 4) is 27.9 Å². The van der Waals surface area contributed by atoms with Crippen LogP contribution in [-0.4, -0.2) is 11.8 Å². The number of rotatable bonds is 11. The van der Waals surface area contributed by atoms with E-state index in [9.17, 15) is 0 Å². The standard InChI is InChI=1S/C58H65BN2/c1-10-12-14-18-37-22-25-39(26-23-37)60-50-34-46-41(40-20-16-17-21-45(40)58(46,8)9)32-42(50)43-30-36(3)53-44-33-47-48(57(6,7)29-28-56(47,4)5)35-52(44)61-51-27-24-38(19-15-13-11-2)31-49(51)59-54(43)55(53)61/h16-17,20-27,30-35,59-60H,10-15,18-19,28-29H2,1-9H3. The van der Waals surface area contributed by atoms with Crippen molar-refractivity contribution in [3.05, 3.63) is 136 Å². The summed E-state index contributed by atoms with van der Waals surface area (Å²) in [6.45, 7) is 21.7. The lowest BCUT2D eigenvalue weighted by molar-refractivity contribution is 0.332. The fraction of sp³-hybridized carbons (Fsp3) is 0.379. The highest BCUT2D eigenvalue weighted by Gasteiger charge is 2.40. The van der Waals surface area contributed by atoms with Gasteiger partial charge in [0.15, 0.2) is 7.28 Å². The minimum Gasteiger partial charge on any atom is -0.355 e. The number of aromatic nitrogens is 1. The molecule has 3 aliphatic rings. The molecular weight excluding hydrogens is 735 g/mol. The second-order valence-corrected chi connectivity index (χ2v) is 21.0. The largest absolute Gasteiger partial charge is 0.355 e. The minimum absolute atomic E-state index is 0.0988. The normalized spacial score (nSPS) is 16.2. The molecule has 7 aromatic rings. The molecule has 1 N–H and O–H groups in total. The molecule has 61 heavy (non-hydrogen) atoms. The van der Waals surface area contributed by atoms with Gasteiger partial charge in [0.1, 0.15) is 0 Å². The van der Waals surface area contributed by atoms with Crippen LogP contribution in [0.1, 0.15) is 146 Å². The van der Waals surface area contributed by atoms with Gasteiger partial charge in [-0.3, -0.25) is 0 Å². The first-order valence-electron chi connectivity index (χ1n) is 23.7. The molecule has 0 bridgehead atoms. The molecule has 0 fully saturated rings. The van der Waals surface area contributed by atoms with Gasteiger partial charge in [-0.2, -0.15) is 0 Å². The predicted molar refractivity (Wildman–Crippen MR) is 266 cm³/mol. The van der Waals surface area contributed by atoms with Crippen molar-refractivity contribution >= 4 is 51.4 Å². The van der Waals surface area contributed by atoms with Crippen molar-refractivity contribution in [2.75, 3.05) is 5.32 Å². The summed E-state index contributed by atoms with van der Waals surface area (Å²) in [7, 11) is 0.918. The number of aryl methyl sites for hydroxylation is 3. The van der Waals surface area contributed by atoms with Crippen molar-refractivity contribution in [1.82, 2.24) is 4.57 Å². The van der Waals surface area contributed by atoms with E-state index in [1.54, 1.807) is 0 Å². The van der Waals surface area contributed by atoms with Crippen LogP contribution in [0.15, 0.2) is 97.1 Å². The topological polar surface area (TPSA) is 17.0 Å². The van der Waals surface area contributed by atoms with Crippen LogP contribution in [0.4, 0.5) is 11.4 Å². The van der Waals surface area contributed by atoms with Crippen LogP contribution in [0.2, 0.25) is 0 Å². The van der Waals surface area contributed by atoms with Gasteiger partial charge in [-0.1, -0.05) is 141 Å². The second kappa shape index (κ2) is 14.8. The smallest absolute Gasteiger partial charge is 0.198 e. The first kappa shape index (κ1) is 40.1. The summed E-state index contributed by atoms with van der Waals surface area (Å²) in [5.41, 5.74) is 25.0. The van der Waals surface area contributed by atoms with Gasteiger partial charge in [0.25, 0.3) is 0 Å². The summed E-state index contributed by atoms with van der Waals surface area (Å²) in [6, 6.07) is 38.7. The maximum atomic E-state index is 4.04. The molecule has 2 nitrogen and oxygen atoms in total. The molecule has 0 saturated carbocycles. The molecule has 0 saturated heterocycles. The quantitative estimate of drug-likeness (QED) is 0.102. The average molecular weight is 801 g/mol. The van der Waals surface area contributed by atoms with Gasteiger partial charge in [0.05, 0.1) is 5.52 Å². The molecule has 0 radical (unpaired) electrons. The summed E-state index contributed by atoms with van der Waals surface area (Å²) < 4.78 is 2.69. The SMILES string of the molecule is CCCCCc1ccc(Nc2cc3c(cc2-c2cc(C)c4c5cc6c(cc5n5c4c2Bc2cc(CCCCC)ccc2-5)C(C)(C)CCC6(C)C)-c2ccccc2C3(C)C)cc1. The number of hydrogen-bond acceptors (Lipinski definition) is 1. The van der Waals surface area contributed by atoms with Crippen molar-refractivity contribution < 1.29 is 0 Å². The fourth-order valence-corrected chi connectivity index (χ4v) is 11.7. The zero-order chi connectivity index (χ0) is 42.4. The Kier molecular flexibility index (Phi) is 9.74. The maximum absolute atomic E-state index is 4.04. The van der Waals surface area contributed by atoms with Crippen molar-refractivity contribution in [3.63, 3.8) is 0 Å². The number of benzene rings is 6. The van der Waals surface area contributed by atoms with E-state index in [0.717, 1.165) is 25.8 Å². The number of anilines is 2. The Morgan fingerprint density at radius 1 is 0.607 bits per heavy atom. The highest BCUT2D eigenvalue weighted by Crippen LogP contribution is 2.53. The Balaban J connectivity index is 1.24. The number of nitrogens with zero attached hydrogens (tertiary/aromatic N) is 1. The molecule has 0 unspecified atom stereocenters. The number of nitrogens with one attached hydrogen (secondary N) is 1. The van der Waals surface area contributed by atoms with Crippen LogP contribution in [0.3, 0.4) is 0 Å². The van der Waals surface area contributed by atoms with Gasteiger partial charge < -0.3 is 9.88 Å². The van der Waals surface area contributed by atoms with Gasteiger partial charge in [0, 0.05) is 44.3 Å². The first-order valence-corrected chi connectivity index (χ1v) is 23.7. The van der Waals surface area contributed by atoms with Crippen LogP contribution in [0.5, 0.6) is 0 Å². The zero-order valence-corrected chi connectivity index (χ0v) is 38.5. The van der Waals surface area contributed by atoms with Gasteiger partial charge in [-0.25, -0.2) is 0 Å². The summed E-state index contributed by atoms with van der Waals surface area (Å²) >= 11 is 0. The van der Waals surface area contributed by atoms with E-state index < -0.39 is 0 Å². The maximum Gasteiger partial charge on any atom is 0.198 e. The summed E-state index contributed by atoms with van der Waals surface area (Å²) in [4.78, 5) is 0. The lowest BCUT2D eigenvalue weighted by Gasteiger charge is -2.42. The Labute approximate surface area is 366 Å². The second-order valence-electron chi connectivity index (χ2n) is 21.0. The molecule has 3 heteroatoms. The first-order chi connectivity index (χ1) is 29.3. The van der Waals surface area contributed by atoms with Crippen molar-refractivity contribution in [2.24, 2.45) is 0 Å². The molecule has 0 amide bonds. The van der Waals surface area contributed by atoms with Gasteiger partial charge in [-0.05, 0) is 160 Å². The Hall–Kier alpha value is -5.02. The van der Waals surface area contributed by atoms with E-state index in [0.29, 0.717) is 0 Å². The molecule has 10 rings (SSSR count). The van der Waals surface area contributed by atoms with Crippen LogP contribution < -0.4 is 16.2 Å². The van der Waals surface area contributed by atoms with Gasteiger partial charge in [0.2, 0.25) is 0 Å². The van der Waals surface area contributed by atoms with E-state index in [1.165, 1.54) is 157 Å². The number of hydrogen-bond donors (Lipinski definition) is 1. The molecular formula is C58H65BN2. The van der Waals surface area contributed by atoms with E-state index in [1.807, 2.05) is 0 Å². The lowest BCUT2D eigenvalue weighted by atomic mass is 9.58. The third-order valence-electron chi connectivity index (χ3n) is 15.4. The Morgan fingerprint density at radius 2 is 1.28 bits per heavy atom. The van der Waals surface area contributed by atoms with E-state index in [2.05, 4.69) is 169 Å². The molecule has 1 aromatic heterocycles.